The van der Waals surface area contributed by atoms with Crippen LogP contribution in [-0.2, 0) is 7.05 Å². The number of rotatable bonds is 1. The highest BCUT2D eigenvalue weighted by Crippen LogP contribution is 2.39. The van der Waals surface area contributed by atoms with Crippen LogP contribution < -0.4 is 4.57 Å². The molecule has 0 fully saturated rings. The van der Waals surface area contributed by atoms with Crippen LogP contribution in [0.4, 0.5) is 4.39 Å². The van der Waals surface area contributed by atoms with E-state index in [4.69, 9.17) is 4.42 Å². The van der Waals surface area contributed by atoms with Crippen LogP contribution in [0, 0.1) is 24.1 Å². The molecule has 4 heteroatoms. The Labute approximate surface area is 138 Å². The normalized spacial score (nSPS) is 11.1. The van der Waals surface area contributed by atoms with Gasteiger partial charge in [-0.1, -0.05) is 6.07 Å². The van der Waals surface area contributed by atoms with Crippen molar-refractivity contribution in [1.29, 1.82) is 5.26 Å². The summed E-state index contributed by atoms with van der Waals surface area (Å²) in [5.41, 5.74) is 4.06. The molecule has 4 rings (SSSR count). The lowest BCUT2D eigenvalue weighted by Crippen LogP contribution is -2.30. The Morgan fingerprint density at radius 2 is 1.96 bits per heavy atom. The fraction of sp³-hybridized carbons (Fsp3) is 0.100. The first-order valence-corrected chi connectivity index (χ1v) is 7.61. The number of hydrogen-bond acceptors (Lipinski definition) is 2. The zero-order chi connectivity index (χ0) is 16.8. The number of aromatic nitrogens is 1. The summed E-state index contributed by atoms with van der Waals surface area (Å²) in [4.78, 5) is 0. The van der Waals surface area contributed by atoms with Crippen molar-refractivity contribution in [3.05, 3.63) is 65.6 Å². The molecule has 0 bridgehead atoms. The molecule has 2 aromatic carbocycles. The third-order valence-corrected chi connectivity index (χ3v) is 4.39. The lowest BCUT2D eigenvalue weighted by Gasteiger charge is -2.06. The van der Waals surface area contributed by atoms with Crippen LogP contribution in [0.15, 0.2) is 53.1 Å². The number of hydrogen-bond donors (Lipinski definition) is 0. The first-order chi connectivity index (χ1) is 11.6. The monoisotopic (exact) mass is 317 g/mol. The molecule has 0 spiro atoms. The van der Waals surface area contributed by atoms with Gasteiger partial charge in [0.25, 0.3) is 0 Å². The van der Waals surface area contributed by atoms with Crippen molar-refractivity contribution in [3.8, 4) is 17.3 Å². The first kappa shape index (κ1) is 14.4. The number of furan rings is 1. The Bertz CT molecular complexity index is 1150. The van der Waals surface area contributed by atoms with E-state index < -0.39 is 5.82 Å². The highest BCUT2D eigenvalue weighted by molar-refractivity contribution is 6.13. The van der Waals surface area contributed by atoms with Crippen molar-refractivity contribution < 1.29 is 13.4 Å². The molecule has 0 aliphatic heterocycles. The molecule has 0 radical (unpaired) electrons. The molecule has 0 atom stereocenters. The molecule has 0 unspecified atom stereocenters. The van der Waals surface area contributed by atoms with E-state index in [9.17, 15) is 9.65 Å². The van der Waals surface area contributed by atoms with Gasteiger partial charge in [0.05, 0.1) is 5.56 Å². The molecule has 0 saturated heterocycles. The second-order valence-electron chi connectivity index (χ2n) is 5.84. The Morgan fingerprint density at radius 3 is 2.71 bits per heavy atom. The van der Waals surface area contributed by atoms with Crippen molar-refractivity contribution in [2.45, 2.75) is 6.92 Å². The van der Waals surface area contributed by atoms with Crippen molar-refractivity contribution in [3.63, 3.8) is 0 Å². The molecular formula is C20H14FN2O+. The number of nitrogens with zero attached hydrogens (tertiary/aromatic N) is 2. The quantitative estimate of drug-likeness (QED) is 0.488. The maximum atomic E-state index is 13.9. The number of fused-ring (bicyclic) bond motifs is 3. The van der Waals surface area contributed by atoms with Gasteiger partial charge in [-0.05, 0) is 36.8 Å². The summed E-state index contributed by atoms with van der Waals surface area (Å²) in [5, 5.41) is 10.9. The topological polar surface area (TPSA) is 40.8 Å². The summed E-state index contributed by atoms with van der Waals surface area (Å²) in [6.45, 7) is 2.04. The Morgan fingerprint density at radius 1 is 1.12 bits per heavy atom. The summed E-state index contributed by atoms with van der Waals surface area (Å²) < 4.78 is 21.8. The van der Waals surface area contributed by atoms with Crippen LogP contribution >= 0.6 is 0 Å². The second-order valence-corrected chi connectivity index (χ2v) is 5.84. The van der Waals surface area contributed by atoms with E-state index in [0.717, 1.165) is 27.6 Å². The van der Waals surface area contributed by atoms with Gasteiger partial charge in [0.2, 0.25) is 5.69 Å². The fourth-order valence-electron chi connectivity index (χ4n) is 3.23. The minimum atomic E-state index is -0.562. The van der Waals surface area contributed by atoms with Crippen molar-refractivity contribution in [1.82, 2.24) is 0 Å². The molecule has 0 aliphatic carbocycles. The Hall–Kier alpha value is -3.19. The van der Waals surface area contributed by atoms with Gasteiger partial charge in [0, 0.05) is 22.9 Å². The molecule has 2 aromatic heterocycles. The number of nitriles is 1. The van der Waals surface area contributed by atoms with Gasteiger partial charge in [-0.25, -0.2) is 8.96 Å². The van der Waals surface area contributed by atoms with Crippen LogP contribution in [-0.4, -0.2) is 0 Å². The fourth-order valence-corrected chi connectivity index (χ4v) is 3.23. The zero-order valence-corrected chi connectivity index (χ0v) is 13.3. The zero-order valence-electron chi connectivity index (χ0n) is 13.3. The highest BCUT2D eigenvalue weighted by atomic mass is 19.1. The summed E-state index contributed by atoms with van der Waals surface area (Å²) >= 11 is 0. The molecule has 0 N–H and O–H groups in total. The summed E-state index contributed by atoms with van der Waals surface area (Å²) in [5.74, 6) is -0.562. The lowest BCUT2D eigenvalue weighted by atomic mass is 9.97. The first-order valence-electron chi connectivity index (χ1n) is 7.61. The van der Waals surface area contributed by atoms with Gasteiger partial charge < -0.3 is 4.42 Å². The highest BCUT2D eigenvalue weighted by Gasteiger charge is 2.22. The molecule has 4 aromatic rings. The Kier molecular flexibility index (Phi) is 3.10. The van der Waals surface area contributed by atoms with Gasteiger partial charge in [-0.3, -0.25) is 0 Å². The predicted octanol–water partition coefficient (Wildman–Crippen LogP) is 4.40. The van der Waals surface area contributed by atoms with Gasteiger partial charge in [-0.15, -0.1) is 0 Å². The maximum absolute atomic E-state index is 13.9. The minimum absolute atomic E-state index is 0.0512. The minimum Gasteiger partial charge on any atom is -0.455 e. The lowest BCUT2D eigenvalue weighted by molar-refractivity contribution is -0.660. The van der Waals surface area contributed by atoms with E-state index in [1.807, 2.05) is 61.1 Å². The van der Waals surface area contributed by atoms with Crippen molar-refractivity contribution in [2.24, 2.45) is 7.05 Å². The molecular weight excluding hydrogens is 303 g/mol. The molecule has 0 saturated carbocycles. The van der Waals surface area contributed by atoms with Crippen LogP contribution in [0.25, 0.3) is 33.2 Å². The predicted molar refractivity (Wildman–Crippen MR) is 89.7 cm³/mol. The van der Waals surface area contributed by atoms with Crippen LogP contribution in [0.3, 0.4) is 0 Å². The van der Waals surface area contributed by atoms with Gasteiger partial charge >= 0.3 is 0 Å². The molecule has 116 valence electrons. The molecule has 3 nitrogen and oxygen atoms in total. The number of benzene rings is 2. The number of halogens is 1. The van der Waals surface area contributed by atoms with Gasteiger partial charge in [0.15, 0.2) is 11.8 Å². The van der Waals surface area contributed by atoms with Gasteiger partial charge in [-0.2, -0.15) is 5.26 Å². The van der Waals surface area contributed by atoms with E-state index in [-0.39, 0.29) is 5.56 Å². The third-order valence-electron chi connectivity index (χ3n) is 4.39. The number of pyridine rings is 1. The molecule has 0 aliphatic rings. The van der Waals surface area contributed by atoms with E-state index in [2.05, 4.69) is 0 Å². The summed E-state index contributed by atoms with van der Waals surface area (Å²) in [7, 11) is 1.98. The largest absolute Gasteiger partial charge is 0.455 e. The van der Waals surface area contributed by atoms with E-state index >= 15 is 0 Å². The van der Waals surface area contributed by atoms with Crippen LogP contribution in [0.1, 0.15) is 11.1 Å². The van der Waals surface area contributed by atoms with Crippen LogP contribution in [0.5, 0.6) is 0 Å². The molecule has 0 amide bonds. The molecule has 2 heterocycles. The number of aryl methyl sites for hydroxylation is 2. The summed E-state index contributed by atoms with van der Waals surface area (Å²) in [6, 6.07) is 14.8. The van der Waals surface area contributed by atoms with Crippen LogP contribution in [0.2, 0.25) is 0 Å². The SMILES string of the molecule is Cc1ccc2oc3c(C#N)c(F)ccc3c2c1-c1cccc[n+]1C. The van der Waals surface area contributed by atoms with E-state index in [1.54, 1.807) is 6.07 Å². The van der Waals surface area contributed by atoms with Crippen molar-refractivity contribution in [2.75, 3.05) is 0 Å². The second kappa shape index (κ2) is 5.17. The average molecular weight is 317 g/mol. The van der Waals surface area contributed by atoms with E-state index in [0.29, 0.717) is 11.2 Å². The standard InChI is InChI=1S/C20H14FN2O/c1-12-6-9-17-19(18(12)16-5-3-4-10-23(16)2)13-7-8-15(21)14(11-22)20(13)24-17/h3-10H,1-2H3/q+1. The Balaban J connectivity index is 2.23. The maximum Gasteiger partial charge on any atom is 0.213 e. The van der Waals surface area contributed by atoms with Crippen molar-refractivity contribution >= 4 is 21.9 Å². The van der Waals surface area contributed by atoms with Gasteiger partial charge in [0.1, 0.15) is 30.1 Å². The average Bonchev–Trinajstić information content (AvgIpc) is 2.94. The molecule has 24 heavy (non-hydrogen) atoms. The summed E-state index contributed by atoms with van der Waals surface area (Å²) in [6.07, 6.45) is 1.98. The third kappa shape index (κ3) is 1.92. The smallest absolute Gasteiger partial charge is 0.213 e. The van der Waals surface area contributed by atoms with E-state index in [1.165, 1.54) is 6.07 Å².